The molecule has 0 radical (unpaired) electrons. The minimum atomic E-state index is -0.745. The molecule has 80 heavy (non-hydrogen) atoms. The summed E-state index contributed by atoms with van der Waals surface area (Å²) in [6.07, 6.45) is 12.9. The molecule has 0 aliphatic carbocycles. The normalized spacial score (nSPS) is 17.6. The smallest absolute Gasteiger partial charge is 0.870 e. The van der Waals surface area contributed by atoms with Crippen LogP contribution in [0.2, 0.25) is 20.1 Å². The number of esters is 1. The average Bonchev–Trinajstić information content (AvgIpc) is 4.15. The zero-order valence-corrected chi connectivity index (χ0v) is 48.8. The van der Waals surface area contributed by atoms with E-state index in [1.807, 2.05) is 17.9 Å². The van der Waals surface area contributed by atoms with Gasteiger partial charge in [-0.2, -0.15) is 0 Å². The summed E-state index contributed by atoms with van der Waals surface area (Å²) in [6.45, 7) is 8.07. The first-order chi connectivity index (χ1) is 37.8. The number of carbonyl (C=O) groups excluding carboxylic acids is 3. The number of anilines is 2. The number of carboxylic acids is 1. The molecule has 4 saturated heterocycles. The monoisotopic (exact) mass is 1170 g/mol. The molecular formula is C59H73Cl4LiN8O8. The van der Waals surface area contributed by atoms with Crippen molar-refractivity contribution in [3.63, 3.8) is 0 Å². The van der Waals surface area contributed by atoms with Gasteiger partial charge in [0.05, 0.1) is 26.7 Å². The fourth-order valence-electron chi connectivity index (χ4n) is 11.9. The van der Waals surface area contributed by atoms with Crippen molar-refractivity contribution < 1.29 is 58.5 Å². The maximum absolute atomic E-state index is 13.1. The number of para-hydroxylation sites is 2. The number of H-pyrrole nitrogens is 2. The number of halogens is 4. The predicted octanol–water partition coefficient (Wildman–Crippen LogP) is 9.80. The van der Waals surface area contributed by atoms with E-state index in [4.69, 9.17) is 56.2 Å². The van der Waals surface area contributed by atoms with Gasteiger partial charge in [-0.15, -0.1) is 0 Å². The number of ether oxygens (including phenoxy) is 1. The first-order valence-corrected chi connectivity index (χ1v) is 28.8. The van der Waals surface area contributed by atoms with E-state index in [0.29, 0.717) is 88.4 Å². The summed E-state index contributed by atoms with van der Waals surface area (Å²) in [6, 6.07) is 25.8. The van der Waals surface area contributed by atoms with Crippen molar-refractivity contribution in [2.24, 2.45) is 11.8 Å². The van der Waals surface area contributed by atoms with E-state index < -0.39 is 12.0 Å². The van der Waals surface area contributed by atoms with Gasteiger partial charge in [-0.3, -0.25) is 19.4 Å². The Kier molecular flexibility index (Phi) is 24.8. The second-order valence-electron chi connectivity index (χ2n) is 20.8. The standard InChI is InChI=1S/C30H36Cl2N4O3.C28H32Cl2N4O3.CH4O.Li.H2O/c1-2-39-29(37)28(35-15-11-21(12-16-35)24-19-33-27-6-4-3-5-23(24)27)17-20-9-13-36(14-10-20)30(38)34-22-7-8-25(31)26(32)18-22;29-23-6-5-20(16-24(23)30)32-28(37)34-11-7-18(8-12-34)15-26(27(35)36)33-13-9-19(10-14-33)22-17-31-25-4-2-1-3-21(22)25;1-2;;/h3-8,18-21,28,33H,2,9-17H2,1H3,(H,34,38);1-6,16-19,26,31H,7-15H2,(H,32,37)(H,35,36);2H,1H3;;1H2/q;;;+1;/p-1. The molecule has 4 amide bonds. The molecule has 4 aliphatic rings. The Bertz CT molecular complexity index is 2970. The average molecular weight is 1170 g/mol. The molecule has 6 heterocycles. The number of rotatable bonds is 13. The molecule has 0 spiro atoms. The van der Waals surface area contributed by atoms with Crippen LogP contribution in [0, 0.1) is 11.8 Å². The number of nitrogens with one attached hydrogen (secondary N) is 4. The molecule has 2 aromatic heterocycles. The molecule has 0 saturated carbocycles. The SMILES string of the molecule is CCOC(=O)C(CC1CCN(C(=O)Nc2ccc(Cl)c(Cl)c2)CC1)N1CCC(c2c[nH]c3ccccc23)CC1.CO.O=C(O)C(CC1CCN(C(=O)Nc2ccc(Cl)c(Cl)c2)CC1)N1CCC(c2c[nH]c3ccccc23)CC1.[Li+].[OH-]. The summed E-state index contributed by atoms with van der Waals surface area (Å²) >= 11 is 24.1. The van der Waals surface area contributed by atoms with Crippen LogP contribution in [0.25, 0.3) is 21.8 Å². The van der Waals surface area contributed by atoms with Gasteiger partial charge in [0.2, 0.25) is 0 Å². The van der Waals surface area contributed by atoms with Crippen LogP contribution in [0.4, 0.5) is 21.0 Å². The number of urea groups is 2. The Balaban J connectivity index is 0.000000245. The number of carboxylic acid groups (broad SMARTS) is 1. The van der Waals surface area contributed by atoms with Gasteiger partial charge in [0.25, 0.3) is 0 Å². The fourth-order valence-corrected chi connectivity index (χ4v) is 12.5. The van der Waals surface area contributed by atoms with Crippen LogP contribution in [0.3, 0.4) is 0 Å². The largest absolute Gasteiger partial charge is 1.00 e. The zero-order chi connectivity index (χ0) is 55.3. The van der Waals surface area contributed by atoms with Gasteiger partial charge in [0, 0.05) is 78.9 Å². The number of nitrogens with zero attached hydrogens (tertiary/aromatic N) is 4. The van der Waals surface area contributed by atoms with E-state index in [0.717, 1.165) is 96.6 Å². The van der Waals surface area contributed by atoms with E-state index in [2.05, 4.69) is 85.3 Å². The van der Waals surface area contributed by atoms with Crippen LogP contribution >= 0.6 is 46.4 Å². The number of benzene rings is 4. The summed E-state index contributed by atoms with van der Waals surface area (Å²) in [5, 5.41) is 27.1. The molecule has 2 unspecified atom stereocenters. The van der Waals surface area contributed by atoms with Crippen molar-refractivity contribution >= 4 is 104 Å². The number of amides is 4. The molecule has 16 nitrogen and oxygen atoms in total. The Morgan fingerprint density at radius 3 is 1.35 bits per heavy atom. The number of fused-ring (bicyclic) bond motifs is 2. The number of aliphatic hydroxyl groups is 1. The predicted molar refractivity (Wildman–Crippen MR) is 314 cm³/mol. The molecule has 4 aromatic carbocycles. The Morgan fingerprint density at radius 2 is 0.963 bits per heavy atom. The van der Waals surface area contributed by atoms with Crippen molar-refractivity contribution in [2.75, 3.05) is 76.7 Å². The third-order valence-corrected chi connectivity index (χ3v) is 17.6. The van der Waals surface area contributed by atoms with Crippen molar-refractivity contribution in [1.82, 2.24) is 29.6 Å². The first-order valence-electron chi connectivity index (χ1n) is 27.3. The minimum absolute atomic E-state index is 0. The van der Waals surface area contributed by atoms with Gasteiger partial charge < -0.3 is 50.8 Å². The van der Waals surface area contributed by atoms with Crippen LogP contribution in [0.5, 0.6) is 0 Å². The Labute approximate surface area is 500 Å². The summed E-state index contributed by atoms with van der Waals surface area (Å²) in [7, 11) is 1.00. The summed E-state index contributed by atoms with van der Waals surface area (Å²) in [5.41, 5.74) is 6.27. The van der Waals surface area contributed by atoms with Crippen molar-refractivity contribution in [1.29, 1.82) is 0 Å². The molecule has 0 bridgehead atoms. The number of aliphatic carboxylic acids is 1. The number of hydrogen-bond donors (Lipinski definition) is 6. The molecule has 426 valence electrons. The van der Waals surface area contributed by atoms with Crippen LogP contribution in [0.15, 0.2) is 97.3 Å². The third kappa shape index (κ3) is 16.4. The van der Waals surface area contributed by atoms with Gasteiger partial charge >= 0.3 is 42.9 Å². The molecule has 21 heteroatoms. The van der Waals surface area contributed by atoms with Gasteiger partial charge in [-0.25, -0.2) is 9.59 Å². The minimum Gasteiger partial charge on any atom is -0.870 e. The van der Waals surface area contributed by atoms with Crippen molar-refractivity contribution in [2.45, 2.75) is 95.1 Å². The number of aromatic amines is 2. The fraction of sp³-hybridized carbons (Fsp3) is 0.458. The molecule has 2 atom stereocenters. The molecule has 7 N–H and O–H groups in total. The number of piperidine rings is 4. The van der Waals surface area contributed by atoms with Crippen molar-refractivity contribution in [3.05, 3.63) is 129 Å². The zero-order valence-electron chi connectivity index (χ0n) is 45.8. The Hall–Kier alpha value is -4.96. The molecule has 6 aromatic rings. The van der Waals surface area contributed by atoms with E-state index in [9.17, 15) is 24.3 Å². The van der Waals surface area contributed by atoms with Gasteiger partial charge in [-0.1, -0.05) is 82.8 Å². The molecular weight excluding hydrogens is 1100 g/mol. The number of aliphatic hydroxyl groups excluding tert-OH is 1. The summed E-state index contributed by atoms with van der Waals surface area (Å²) < 4.78 is 5.52. The van der Waals surface area contributed by atoms with Gasteiger partial charge in [0.1, 0.15) is 12.1 Å². The molecule has 4 fully saturated rings. The van der Waals surface area contributed by atoms with Crippen molar-refractivity contribution in [3.8, 4) is 0 Å². The Morgan fingerprint density at radius 1 is 0.575 bits per heavy atom. The van der Waals surface area contributed by atoms with Crippen LogP contribution in [0.1, 0.15) is 94.1 Å². The van der Waals surface area contributed by atoms with Gasteiger partial charge in [0.15, 0.2) is 0 Å². The quantitative estimate of drug-likeness (QED) is 0.0475. The van der Waals surface area contributed by atoms with Crippen LogP contribution < -0.4 is 29.5 Å². The number of carbonyl (C=O) groups is 4. The second kappa shape index (κ2) is 30.9. The summed E-state index contributed by atoms with van der Waals surface area (Å²) in [4.78, 5) is 65.7. The van der Waals surface area contributed by atoms with Gasteiger partial charge in [-0.05, 0) is 181 Å². The molecule has 4 aliphatic heterocycles. The summed E-state index contributed by atoms with van der Waals surface area (Å²) in [5.74, 6) is 0.700. The number of hydrogen-bond acceptors (Lipinski definition) is 9. The van der Waals surface area contributed by atoms with E-state index >= 15 is 0 Å². The second-order valence-corrected chi connectivity index (χ2v) is 22.4. The third-order valence-electron chi connectivity index (χ3n) is 16.2. The van der Waals surface area contributed by atoms with E-state index in [-0.39, 0.29) is 54.3 Å². The number of likely N-dealkylation sites (tertiary alicyclic amines) is 4. The van der Waals surface area contributed by atoms with E-state index in [1.165, 1.54) is 27.4 Å². The van der Waals surface area contributed by atoms with Crippen LogP contribution in [-0.4, -0.2) is 147 Å². The molecule has 10 rings (SSSR count). The van der Waals surface area contributed by atoms with Crippen LogP contribution in [-0.2, 0) is 14.3 Å². The maximum atomic E-state index is 13.1. The topological polar surface area (TPSA) is 217 Å². The maximum Gasteiger partial charge on any atom is 1.00 e. The first kappa shape index (κ1) is 64.2. The van der Waals surface area contributed by atoms with E-state index in [1.54, 1.807) is 41.3 Å². The number of aromatic nitrogens is 2.